The molecule has 0 radical (unpaired) electrons. The van der Waals surface area contributed by atoms with Gasteiger partial charge in [0.1, 0.15) is 16.9 Å². The number of aryl methyl sites for hydroxylation is 2. The van der Waals surface area contributed by atoms with Crippen LogP contribution < -0.4 is 10.0 Å². The molecule has 6 heteroatoms. The van der Waals surface area contributed by atoms with Crippen molar-refractivity contribution in [1.82, 2.24) is 5.32 Å². The molecule has 2 atom stereocenters. The van der Waals surface area contributed by atoms with E-state index in [2.05, 4.69) is 37.4 Å². The lowest BCUT2D eigenvalue weighted by molar-refractivity contribution is -0.605. The Morgan fingerprint density at radius 2 is 1.74 bits per heavy atom. The third-order valence-corrected chi connectivity index (χ3v) is 6.96. The van der Waals surface area contributed by atoms with Gasteiger partial charge in [0.05, 0.1) is 12.5 Å². The van der Waals surface area contributed by atoms with Gasteiger partial charge in [0, 0.05) is 23.1 Å². The van der Waals surface area contributed by atoms with Gasteiger partial charge in [-0.1, -0.05) is 60.2 Å². The first-order valence-electron chi connectivity index (χ1n) is 12.6. The molecule has 0 saturated carbocycles. The number of furan rings is 1. The Morgan fingerprint density at radius 1 is 1.00 bits per heavy atom. The first-order valence-corrected chi connectivity index (χ1v) is 12.6. The zero-order valence-corrected chi connectivity index (χ0v) is 21.6. The normalized spacial score (nSPS) is 13.7. The number of hydrogen-bond acceptors (Lipinski definition) is 4. The molecule has 5 aromatic rings. The number of pyridine rings is 1. The molecule has 192 valence electrons. The van der Waals surface area contributed by atoms with Crippen LogP contribution in [-0.2, 0) is 16.8 Å². The van der Waals surface area contributed by atoms with Gasteiger partial charge in [-0.25, -0.2) is 0 Å². The number of carbonyl (C=O) groups excluding carboxylic acids is 1. The molecular formula is C32H30N2O4. The predicted molar refractivity (Wildman–Crippen MR) is 146 cm³/mol. The van der Waals surface area contributed by atoms with Gasteiger partial charge in [0.2, 0.25) is 5.91 Å². The summed E-state index contributed by atoms with van der Waals surface area (Å²) in [5.74, 6) is 0.265. The third kappa shape index (κ3) is 5.17. The molecule has 1 amide bonds. The molecule has 0 unspecified atom stereocenters. The highest BCUT2D eigenvalue weighted by atomic mass is 16.5. The van der Waals surface area contributed by atoms with Crippen LogP contribution >= 0.6 is 0 Å². The van der Waals surface area contributed by atoms with Gasteiger partial charge in [-0.2, -0.15) is 4.73 Å². The van der Waals surface area contributed by atoms with Crippen molar-refractivity contribution < 1.29 is 19.0 Å². The molecule has 0 fully saturated rings. The zero-order chi connectivity index (χ0) is 26.9. The number of rotatable bonds is 7. The van der Waals surface area contributed by atoms with E-state index in [1.807, 2.05) is 48.5 Å². The van der Waals surface area contributed by atoms with Gasteiger partial charge in [-0.15, -0.1) is 0 Å². The number of benzene rings is 3. The predicted octanol–water partition coefficient (Wildman–Crippen LogP) is 5.39. The number of aliphatic hydroxyl groups is 1. The lowest BCUT2D eigenvalue weighted by atomic mass is 9.93. The summed E-state index contributed by atoms with van der Waals surface area (Å²) in [6.45, 7) is 5.75. The fourth-order valence-electron chi connectivity index (χ4n) is 4.86. The molecular weight excluding hydrogens is 476 g/mol. The van der Waals surface area contributed by atoms with Crippen molar-refractivity contribution in [3.63, 3.8) is 0 Å². The molecule has 2 heterocycles. The molecule has 2 N–H and O–H groups in total. The van der Waals surface area contributed by atoms with E-state index in [9.17, 15) is 15.1 Å². The molecule has 2 aromatic heterocycles. The molecule has 0 saturated heterocycles. The van der Waals surface area contributed by atoms with Crippen molar-refractivity contribution in [3.8, 4) is 0 Å². The van der Waals surface area contributed by atoms with E-state index in [-0.39, 0.29) is 18.4 Å². The van der Waals surface area contributed by atoms with Crippen molar-refractivity contribution in [2.24, 2.45) is 0 Å². The van der Waals surface area contributed by atoms with Crippen LogP contribution in [0.25, 0.3) is 11.0 Å². The summed E-state index contributed by atoms with van der Waals surface area (Å²) in [6.07, 6.45) is 2.87. The molecule has 0 aliphatic carbocycles. The van der Waals surface area contributed by atoms with Crippen molar-refractivity contribution in [1.29, 1.82) is 0 Å². The van der Waals surface area contributed by atoms with Crippen LogP contribution in [0.2, 0.25) is 0 Å². The molecule has 0 bridgehead atoms. The summed E-state index contributed by atoms with van der Waals surface area (Å²) in [6, 6.07) is 26.5. The monoisotopic (exact) mass is 506 g/mol. The largest absolute Gasteiger partial charge is 0.619 e. The second-order valence-corrected chi connectivity index (χ2v) is 9.95. The summed E-state index contributed by atoms with van der Waals surface area (Å²) in [5.41, 5.74) is 4.96. The number of aromatic nitrogens is 1. The molecule has 38 heavy (non-hydrogen) atoms. The molecule has 0 spiro atoms. The van der Waals surface area contributed by atoms with Crippen LogP contribution in [0.4, 0.5) is 0 Å². The third-order valence-electron chi connectivity index (χ3n) is 6.96. The highest BCUT2D eigenvalue weighted by Gasteiger charge is 2.30. The van der Waals surface area contributed by atoms with Gasteiger partial charge in [-0.3, -0.25) is 4.79 Å². The number of nitrogens with zero attached hydrogens (tertiary/aromatic N) is 1. The quantitative estimate of drug-likeness (QED) is 0.229. The number of nitrogens with one attached hydrogen (secondary N) is 1. The summed E-state index contributed by atoms with van der Waals surface area (Å²) in [5, 5.41) is 26.6. The van der Waals surface area contributed by atoms with Crippen LogP contribution in [0.1, 0.15) is 52.1 Å². The average Bonchev–Trinajstić information content (AvgIpc) is 3.33. The Morgan fingerprint density at radius 3 is 2.45 bits per heavy atom. The Hall–Kier alpha value is -4.42. The second-order valence-electron chi connectivity index (χ2n) is 9.95. The number of hydrogen-bond donors (Lipinski definition) is 2. The maximum Gasteiger partial charge on any atom is 0.225 e. The van der Waals surface area contributed by atoms with Crippen molar-refractivity contribution in [2.45, 2.75) is 38.8 Å². The van der Waals surface area contributed by atoms with Crippen LogP contribution in [0.15, 0.2) is 102 Å². The van der Waals surface area contributed by atoms with E-state index in [4.69, 9.17) is 4.42 Å². The maximum absolute atomic E-state index is 13.3. The highest BCUT2D eigenvalue weighted by molar-refractivity contribution is 5.83. The zero-order valence-electron chi connectivity index (χ0n) is 21.6. The van der Waals surface area contributed by atoms with Gasteiger partial charge < -0.3 is 20.0 Å². The standard InChI is InChI=1S/C32H30N2O4/c1-21-9-11-27(22(2)17-21)31(24-7-5-4-6-8-24)33-30(35)19-23-10-12-28-25(18-23)20-29(38-28)32(3,36)26-13-15-34(37)16-14-26/h4-18,20,31,36H,19H2,1-3H3,(H,33,35)/t31-,32+/m0/s1. The SMILES string of the molecule is Cc1ccc([C@@H](NC(=O)Cc2ccc3oc([C@](C)(O)c4cc[n+]([O-])cc4)cc3c2)c2ccccc2)c(C)c1. The van der Waals surface area contributed by atoms with Crippen LogP contribution in [0.5, 0.6) is 0 Å². The van der Waals surface area contributed by atoms with E-state index >= 15 is 0 Å². The molecule has 6 nitrogen and oxygen atoms in total. The van der Waals surface area contributed by atoms with E-state index in [1.165, 1.54) is 18.0 Å². The van der Waals surface area contributed by atoms with E-state index < -0.39 is 5.60 Å². The first-order chi connectivity index (χ1) is 18.2. The van der Waals surface area contributed by atoms with Crippen molar-refractivity contribution in [3.05, 3.63) is 142 Å². The number of amides is 1. The maximum atomic E-state index is 13.3. The van der Waals surface area contributed by atoms with Gasteiger partial charge in [0.25, 0.3) is 0 Å². The van der Waals surface area contributed by atoms with Crippen LogP contribution in [0.3, 0.4) is 0 Å². The molecule has 0 aliphatic rings. The number of carbonyl (C=O) groups is 1. The highest BCUT2D eigenvalue weighted by Crippen LogP contribution is 2.33. The Balaban J connectivity index is 1.38. The van der Waals surface area contributed by atoms with E-state index in [0.29, 0.717) is 21.6 Å². The summed E-state index contributed by atoms with van der Waals surface area (Å²) in [7, 11) is 0. The van der Waals surface area contributed by atoms with Gasteiger partial charge in [-0.05, 0) is 61.2 Å². The minimum atomic E-state index is -1.42. The fourth-order valence-corrected chi connectivity index (χ4v) is 4.86. The molecule has 0 aliphatic heterocycles. The van der Waals surface area contributed by atoms with Crippen molar-refractivity contribution >= 4 is 16.9 Å². The van der Waals surface area contributed by atoms with Crippen molar-refractivity contribution in [2.75, 3.05) is 0 Å². The van der Waals surface area contributed by atoms with E-state index in [1.54, 1.807) is 25.1 Å². The summed E-state index contributed by atoms with van der Waals surface area (Å²) < 4.78 is 6.61. The van der Waals surface area contributed by atoms with Gasteiger partial charge in [0.15, 0.2) is 12.4 Å². The number of fused-ring (bicyclic) bond motifs is 1. The Labute approximate surface area is 221 Å². The van der Waals surface area contributed by atoms with Gasteiger partial charge >= 0.3 is 0 Å². The minimum Gasteiger partial charge on any atom is -0.619 e. The van der Waals surface area contributed by atoms with E-state index in [0.717, 1.165) is 27.6 Å². The Kier molecular flexibility index (Phi) is 6.74. The average molecular weight is 507 g/mol. The van der Waals surface area contributed by atoms with Crippen LogP contribution in [-0.4, -0.2) is 11.0 Å². The first kappa shape index (κ1) is 25.2. The second kappa shape index (κ2) is 10.1. The minimum absolute atomic E-state index is 0.0934. The van der Waals surface area contributed by atoms with Crippen LogP contribution in [0, 0.1) is 19.1 Å². The lowest BCUT2D eigenvalue weighted by Gasteiger charge is -2.22. The Bertz CT molecular complexity index is 1590. The smallest absolute Gasteiger partial charge is 0.225 e. The summed E-state index contributed by atoms with van der Waals surface area (Å²) >= 11 is 0. The molecule has 3 aromatic carbocycles. The topological polar surface area (TPSA) is 89.4 Å². The molecule has 5 rings (SSSR count). The lowest BCUT2D eigenvalue weighted by Crippen LogP contribution is -2.31. The summed E-state index contributed by atoms with van der Waals surface area (Å²) in [4.78, 5) is 13.3. The fraction of sp³-hybridized carbons (Fsp3) is 0.188.